The average molecular weight is 294 g/mol. The Balaban J connectivity index is 2.62. The lowest BCUT2D eigenvalue weighted by molar-refractivity contribution is -0.141. The summed E-state index contributed by atoms with van der Waals surface area (Å²) in [5.41, 5.74) is 0.588. The molecule has 0 saturated carbocycles. The van der Waals surface area contributed by atoms with Crippen LogP contribution in [0, 0.1) is 0 Å². The van der Waals surface area contributed by atoms with E-state index in [-0.39, 0.29) is 24.5 Å². The number of hydrogen-bond donors (Lipinski definition) is 2. The van der Waals surface area contributed by atoms with Crippen LogP contribution < -0.4 is 15.4 Å². The quantitative estimate of drug-likeness (QED) is 0.758. The lowest BCUT2D eigenvalue weighted by Crippen LogP contribution is -2.39. The molecule has 0 spiro atoms. The third kappa shape index (κ3) is 5.72. The zero-order chi connectivity index (χ0) is 15.7. The molecule has 0 radical (unpaired) electrons. The van der Waals surface area contributed by atoms with Gasteiger partial charge in [0.2, 0.25) is 0 Å². The van der Waals surface area contributed by atoms with Crippen molar-refractivity contribution in [2.45, 2.75) is 32.7 Å². The molecule has 6 nitrogen and oxygen atoms in total. The second-order valence-electron chi connectivity index (χ2n) is 4.41. The van der Waals surface area contributed by atoms with E-state index in [9.17, 15) is 9.59 Å². The van der Waals surface area contributed by atoms with E-state index in [0.717, 1.165) is 0 Å². The summed E-state index contributed by atoms with van der Waals surface area (Å²) >= 11 is 0. The molecule has 0 aliphatic heterocycles. The molecule has 1 aromatic carbocycles. The van der Waals surface area contributed by atoms with E-state index < -0.39 is 0 Å². The highest BCUT2D eigenvalue weighted by molar-refractivity contribution is 5.91. The van der Waals surface area contributed by atoms with Gasteiger partial charge in [-0.2, -0.15) is 0 Å². The molecule has 0 fully saturated rings. The maximum absolute atomic E-state index is 12.0. The highest BCUT2D eigenvalue weighted by atomic mass is 16.5. The van der Waals surface area contributed by atoms with Gasteiger partial charge in [0.05, 0.1) is 25.8 Å². The van der Waals surface area contributed by atoms with Crippen molar-refractivity contribution in [2.24, 2.45) is 0 Å². The molecule has 116 valence electrons. The Hall–Kier alpha value is -2.24. The standard InChI is InChI=1S/C15H22N2O4/c1-4-11(10-14(18)20-3)16-15(19)17-12-8-6-7-9-13(12)21-5-2/h6-9,11H,4-5,10H2,1-3H3,(H2,16,17,19). The van der Waals surface area contributed by atoms with Crippen LogP contribution in [-0.2, 0) is 9.53 Å². The maximum Gasteiger partial charge on any atom is 0.319 e. The van der Waals surface area contributed by atoms with E-state index >= 15 is 0 Å². The van der Waals surface area contributed by atoms with Crippen molar-refractivity contribution in [3.63, 3.8) is 0 Å². The zero-order valence-electron chi connectivity index (χ0n) is 12.6. The first-order valence-electron chi connectivity index (χ1n) is 6.96. The van der Waals surface area contributed by atoms with E-state index in [0.29, 0.717) is 24.5 Å². The Morgan fingerprint density at radius 2 is 1.95 bits per heavy atom. The fraction of sp³-hybridized carbons (Fsp3) is 0.467. The minimum Gasteiger partial charge on any atom is -0.492 e. The van der Waals surface area contributed by atoms with Gasteiger partial charge in [0, 0.05) is 6.04 Å². The smallest absolute Gasteiger partial charge is 0.319 e. The van der Waals surface area contributed by atoms with Crippen LogP contribution in [0.2, 0.25) is 0 Å². The molecule has 0 heterocycles. The number of methoxy groups -OCH3 is 1. The molecule has 0 bridgehead atoms. The molecular weight excluding hydrogens is 272 g/mol. The SMILES string of the molecule is CCOc1ccccc1NC(=O)NC(CC)CC(=O)OC. The van der Waals surface area contributed by atoms with Gasteiger partial charge in [-0.3, -0.25) is 4.79 Å². The Morgan fingerprint density at radius 3 is 2.57 bits per heavy atom. The summed E-state index contributed by atoms with van der Waals surface area (Å²) < 4.78 is 10.0. The van der Waals surface area contributed by atoms with Crippen LogP contribution in [0.4, 0.5) is 10.5 Å². The number of benzene rings is 1. The van der Waals surface area contributed by atoms with Gasteiger partial charge in [-0.25, -0.2) is 4.79 Å². The fourth-order valence-corrected chi connectivity index (χ4v) is 1.78. The summed E-state index contributed by atoms with van der Waals surface area (Å²) in [7, 11) is 1.33. The predicted molar refractivity (Wildman–Crippen MR) is 80.5 cm³/mol. The molecule has 0 aliphatic rings. The molecule has 2 N–H and O–H groups in total. The van der Waals surface area contributed by atoms with Crippen molar-refractivity contribution in [3.8, 4) is 5.75 Å². The third-order valence-corrected chi connectivity index (χ3v) is 2.90. The number of rotatable bonds is 7. The fourth-order valence-electron chi connectivity index (χ4n) is 1.78. The Bertz CT molecular complexity index is 476. The number of anilines is 1. The first kappa shape index (κ1) is 16.8. The number of esters is 1. The van der Waals surface area contributed by atoms with Gasteiger partial charge < -0.3 is 20.1 Å². The number of ether oxygens (including phenoxy) is 2. The van der Waals surface area contributed by atoms with Crippen molar-refractivity contribution in [3.05, 3.63) is 24.3 Å². The van der Waals surface area contributed by atoms with E-state index in [4.69, 9.17) is 4.74 Å². The summed E-state index contributed by atoms with van der Waals surface area (Å²) in [4.78, 5) is 23.2. The molecule has 21 heavy (non-hydrogen) atoms. The second kappa shape index (κ2) is 8.84. The Kier molecular flexibility index (Phi) is 7.08. The molecule has 6 heteroatoms. The lowest BCUT2D eigenvalue weighted by Gasteiger charge is -2.17. The van der Waals surface area contributed by atoms with Gasteiger partial charge in [0.1, 0.15) is 5.75 Å². The van der Waals surface area contributed by atoms with Gasteiger partial charge in [-0.1, -0.05) is 19.1 Å². The van der Waals surface area contributed by atoms with Crippen molar-refractivity contribution in [1.82, 2.24) is 5.32 Å². The second-order valence-corrected chi connectivity index (χ2v) is 4.41. The topological polar surface area (TPSA) is 76.7 Å². The van der Waals surface area contributed by atoms with Crippen LogP contribution in [-0.4, -0.2) is 31.8 Å². The number of para-hydroxylation sites is 2. The summed E-state index contributed by atoms with van der Waals surface area (Å²) in [6.07, 6.45) is 0.781. The van der Waals surface area contributed by atoms with Gasteiger partial charge in [-0.05, 0) is 25.5 Å². The molecule has 0 aliphatic carbocycles. The molecule has 0 aromatic heterocycles. The monoisotopic (exact) mass is 294 g/mol. The van der Waals surface area contributed by atoms with Crippen molar-refractivity contribution < 1.29 is 19.1 Å². The number of carbonyl (C=O) groups is 2. The van der Waals surface area contributed by atoms with Gasteiger partial charge in [-0.15, -0.1) is 0 Å². The summed E-state index contributed by atoms with van der Waals surface area (Å²) in [5.74, 6) is 0.257. The van der Waals surface area contributed by atoms with E-state index in [1.807, 2.05) is 26.0 Å². The summed E-state index contributed by atoms with van der Waals surface area (Å²) in [5, 5.41) is 5.47. The highest BCUT2D eigenvalue weighted by Crippen LogP contribution is 2.23. The van der Waals surface area contributed by atoms with E-state index in [1.54, 1.807) is 12.1 Å². The van der Waals surface area contributed by atoms with Crippen LogP contribution in [0.1, 0.15) is 26.7 Å². The van der Waals surface area contributed by atoms with Crippen LogP contribution in [0.3, 0.4) is 0 Å². The van der Waals surface area contributed by atoms with E-state index in [1.165, 1.54) is 7.11 Å². The Morgan fingerprint density at radius 1 is 1.24 bits per heavy atom. The molecule has 1 unspecified atom stereocenters. The lowest BCUT2D eigenvalue weighted by atomic mass is 10.1. The van der Waals surface area contributed by atoms with E-state index in [2.05, 4.69) is 15.4 Å². The molecule has 1 atom stereocenters. The molecule has 1 aromatic rings. The van der Waals surface area contributed by atoms with Crippen molar-refractivity contribution in [1.29, 1.82) is 0 Å². The molecule has 2 amide bonds. The van der Waals surface area contributed by atoms with Crippen molar-refractivity contribution >= 4 is 17.7 Å². The molecular formula is C15H22N2O4. The molecule has 0 saturated heterocycles. The molecule has 1 rings (SSSR count). The number of nitrogens with one attached hydrogen (secondary N) is 2. The Labute approximate surface area is 124 Å². The minimum absolute atomic E-state index is 0.146. The van der Waals surface area contributed by atoms with Crippen LogP contribution in [0.5, 0.6) is 5.75 Å². The highest BCUT2D eigenvalue weighted by Gasteiger charge is 2.15. The van der Waals surface area contributed by atoms with Crippen molar-refractivity contribution in [2.75, 3.05) is 19.0 Å². The summed E-state index contributed by atoms with van der Waals surface area (Å²) in [6.45, 7) is 4.28. The van der Waals surface area contributed by atoms with Crippen LogP contribution in [0.15, 0.2) is 24.3 Å². The van der Waals surface area contributed by atoms with Gasteiger partial charge in [0.15, 0.2) is 0 Å². The number of urea groups is 1. The first-order valence-corrected chi connectivity index (χ1v) is 6.96. The van der Waals surface area contributed by atoms with Gasteiger partial charge >= 0.3 is 12.0 Å². The van der Waals surface area contributed by atoms with Crippen LogP contribution >= 0.6 is 0 Å². The summed E-state index contributed by atoms with van der Waals surface area (Å²) in [6, 6.07) is 6.54. The number of carbonyl (C=O) groups excluding carboxylic acids is 2. The van der Waals surface area contributed by atoms with Gasteiger partial charge in [0.25, 0.3) is 0 Å². The zero-order valence-corrected chi connectivity index (χ0v) is 12.6. The third-order valence-electron chi connectivity index (χ3n) is 2.90. The largest absolute Gasteiger partial charge is 0.492 e. The average Bonchev–Trinajstić information content (AvgIpc) is 2.48. The maximum atomic E-state index is 12.0. The first-order chi connectivity index (χ1) is 10.1. The van der Waals surface area contributed by atoms with Crippen LogP contribution in [0.25, 0.3) is 0 Å². The number of hydrogen-bond acceptors (Lipinski definition) is 4. The predicted octanol–water partition coefficient (Wildman–Crippen LogP) is 2.55. The minimum atomic E-state index is -0.377. The number of amides is 2. The normalized spacial score (nSPS) is 11.4.